The summed E-state index contributed by atoms with van der Waals surface area (Å²) in [6.45, 7) is 0.337. The number of thiol groups is 1. The van der Waals surface area contributed by atoms with Crippen LogP contribution in [-0.2, 0) is 9.53 Å². The zero-order valence-electron chi connectivity index (χ0n) is 9.72. The van der Waals surface area contributed by atoms with Gasteiger partial charge in [0.2, 0.25) is 5.91 Å². The second-order valence-corrected chi connectivity index (χ2v) is 4.72. The first-order valence-corrected chi connectivity index (χ1v) is 5.91. The standard InChI is InChI=1S/C12H12FNO3S/c1-17-12(16)8-3-2-4-9(11(8)13)14-6-7(18)5-10(14)15/h2-4,7,18H,5-6H2,1H3. The van der Waals surface area contributed by atoms with Crippen LogP contribution >= 0.6 is 12.6 Å². The van der Waals surface area contributed by atoms with Crippen molar-refractivity contribution in [2.75, 3.05) is 18.6 Å². The summed E-state index contributed by atoms with van der Waals surface area (Å²) in [5.74, 6) is -1.69. The highest BCUT2D eigenvalue weighted by atomic mass is 32.1. The molecule has 1 fully saturated rings. The number of carbonyl (C=O) groups is 2. The van der Waals surface area contributed by atoms with Crippen LogP contribution in [0.3, 0.4) is 0 Å². The number of rotatable bonds is 2. The predicted octanol–water partition coefficient (Wildman–Crippen LogP) is 1.65. The zero-order valence-corrected chi connectivity index (χ0v) is 10.6. The molecule has 1 aliphatic heterocycles. The van der Waals surface area contributed by atoms with Crippen LogP contribution in [0.15, 0.2) is 18.2 Å². The van der Waals surface area contributed by atoms with Crippen LogP contribution in [0.2, 0.25) is 0 Å². The summed E-state index contributed by atoms with van der Waals surface area (Å²) in [7, 11) is 1.18. The third kappa shape index (κ3) is 2.20. The van der Waals surface area contributed by atoms with Crippen molar-refractivity contribution in [3.05, 3.63) is 29.6 Å². The fourth-order valence-electron chi connectivity index (χ4n) is 1.92. The topological polar surface area (TPSA) is 46.6 Å². The van der Waals surface area contributed by atoms with Gasteiger partial charge in [-0.25, -0.2) is 9.18 Å². The number of methoxy groups -OCH3 is 1. The van der Waals surface area contributed by atoms with E-state index in [0.717, 1.165) is 0 Å². The SMILES string of the molecule is COC(=O)c1cccc(N2CC(S)CC2=O)c1F. The lowest BCUT2D eigenvalue weighted by Crippen LogP contribution is -2.26. The molecule has 1 saturated heterocycles. The number of hydrogen-bond acceptors (Lipinski definition) is 4. The van der Waals surface area contributed by atoms with Gasteiger partial charge in [0.15, 0.2) is 5.82 Å². The third-order valence-corrected chi connectivity index (χ3v) is 3.12. The smallest absolute Gasteiger partial charge is 0.340 e. The highest BCUT2D eigenvalue weighted by Crippen LogP contribution is 2.28. The first-order valence-electron chi connectivity index (χ1n) is 5.40. The van der Waals surface area contributed by atoms with Crippen LogP contribution in [0.4, 0.5) is 10.1 Å². The summed E-state index contributed by atoms with van der Waals surface area (Å²) in [5, 5.41) is -0.112. The summed E-state index contributed by atoms with van der Waals surface area (Å²) in [6.07, 6.45) is 0.269. The molecule has 1 amide bonds. The lowest BCUT2D eigenvalue weighted by Gasteiger charge is -2.17. The molecule has 1 unspecified atom stereocenters. The number of nitrogens with zero attached hydrogens (tertiary/aromatic N) is 1. The van der Waals surface area contributed by atoms with Crippen LogP contribution in [0.5, 0.6) is 0 Å². The average molecular weight is 269 g/mol. The normalized spacial score (nSPS) is 19.2. The van der Waals surface area contributed by atoms with E-state index in [-0.39, 0.29) is 28.8 Å². The second kappa shape index (κ2) is 4.97. The summed E-state index contributed by atoms with van der Waals surface area (Å²) < 4.78 is 18.6. The molecule has 0 bridgehead atoms. The number of halogens is 1. The number of anilines is 1. The summed E-state index contributed by atoms with van der Waals surface area (Å²) >= 11 is 4.20. The van der Waals surface area contributed by atoms with Gasteiger partial charge in [0.25, 0.3) is 0 Å². The largest absolute Gasteiger partial charge is 0.465 e. The van der Waals surface area contributed by atoms with E-state index >= 15 is 0 Å². The molecular weight excluding hydrogens is 257 g/mol. The minimum Gasteiger partial charge on any atom is -0.465 e. The van der Waals surface area contributed by atoms with Crippen molar-refractivity contribution in [2.45, 2.75) is 11.7 Å². The number of carbonyl (C=O) groups excluding carboxylic acids is 2. The Morgan fingerprint density at radius 1 is 1.56 bits per heavy atom. The third-order valence-electron chi connectivity index (χ3n) is 2.78. The Bertz CT molecular complexity index is 506. The molecule has 0 saturated carbocycles. The number of amides is 1. The van der Waals surface area contributed by atoms with Crippen molar-refractivity contribution in [1.29, 1.82) is 0 Å². The Morgan fingerprint density at radius 2 is 2.28 bits per heavy atom. The first-order chi connectivity index (χ1) is 8.54. The van der Waals surface area contributed by atoms with Gasteiger partial charge in [-0.2, -0.15) is 12.6 Å². The Labute approximate surface area is 109 Å². The molecule has 0 aliphatic carbocycles. The summed E-state index contributed by atoms with van der Waals surface area (Å²) in [5.41, 5.74) is -0.0788. The van der Waals surface area contributed by atoms with Crippen molar-refractivity contribution in [2.24, 2.45) is 0 Å². The Hall–Kier alpha value is -1.56. The molecule has 96 valence electrons. The number of benzene rings is 1. The molecule has 2 rings (SSSR count). The van der Waals surface area contributed by atoms with Gasteiger partial charge in [-0.3, -0.25) is 4.79 Å². The summed E-state index contributed by atoms with van der Waals surface area (Å²) in [6, 6.07) is 4.30. The van der Waals surface area contributed by atoms with E-state index in [1.165, 1.54) is 30.2 Å². The second-order valence-electron chi connectivity index (χ2n) is 3.99. The highest BCUT2D eigenvalue weighted by Gasteiger charge is 2.31. The quantitative estimate of drug-likeness (QED) is 0.656. The van der Waals surface area contributed by atoms with Crippen molar-refractivity contribution >= 4 is 30.2 Å². The Balaban J connectivity index is 2.40. The maximum absolute atomic E-state index is 14.1. The number of hydrogen-bond donors (Lipinski definition) is 1. The lowest BCUT2D eigenvalue weighted by atomic mass is 10.1. The maximum atomic E-state index is 14.1. The molecule has 1 aromatic carbocycles. The van der Waals surface area contributed by atoms with E-state index < -0.39 is 11.8 Å². The van der Waals surface area contributed by atoms with Crippen molar-refractivity contribution in [3.8, 4) is 0 Å². The van der Waals surface area contributed by atoms with Crippen LogP contribution in [0.25, 0.3) is 0 Å². The molecule has 1 atom stereocenters. The van der Waals surface area contributed by atoms with Gasteiger partial charge < -0.3 is 9.64 Å². The van der Waals surface area contributed by atoms with Crippen LogP contribution < -0.4 is 4.90 Å². The van der Waals surface area contributed by atoms with Crippen molar-refractivity contribution in [3.63, 3.8) is 0 Å². The van der Waals surface area contributed by atoms with Crippen molar-refractivity contribution in [1.82, 2.24) is 0 Å². The zero-order chi connectivity index (χ0) is 13.3. The molecule has 0 radical (unpaired) electrons. The van der Waals surface area contributed by atoms with Gasteiger partial charge >= 0.3 is 5.97 Å². The fraction of sp³-hybridized carbons (Fsp3) is 0.333. The molecular formula is C12H12FNO3S. The first kappa shape index (κ1) is 12.9. The average Bonchev–Trinajstić information content (AvgIpc) is 2.68. The Morgan fingerprint density at radius 3 is 2.83 bits per heavy atom. The van der Waals surface area contributed by atoms with Crippen LogP contribution in [0, 0.1) is 5.82 Å². The van der Waals surface area contributed by atoms with E-state index in [1.54, 1.807) is 0 Å². The van der Waals surface area contributed by atoms with Crippen LogP contribution in [0.1, 0.15) is 16.8 Å². The molecule has 1 aliphatic rings. The molecule has 0 N–H and O–H groups in total. The monoisotopic (exact) mass is 269 g/mol. The van der Waals surface area contributed by atoms with E-state index in [4.69, 9.17) is 0 Å². The van der Waals surface area contributed by atoms with Crippen LogP contribution in [-0.4, -0.2) is 30.8 Å². The van der Waals surface area contributed by atoms with E-state index in [2.05, 4.69) is 17.4 Å². The molecule has 1 aromatic rings. The van der Waals surface area contributed by atoms with E-state index in [0.29, 0.717) is 6.54 Å². The number of esters is 1. The van der Waals surface area contributed by atoms with E-state index in [1.807, 2.05) is 0 Å². The molecule has 0 aromatic heterocycles. The van der Waals surface area contributed by atoms with Gasteiger partial charge in [0.1, 0.15) is 0 Å². The predicted molar refractivity (Wildman–Crippen MR) is 67.5 cm³/mol. The molecule has 1 heterocycles. The number of ether oxygens (including phenoxy) is 1. The minimum atomic E-state index is -0.761. The van der Waals surface area contributed by atoms with Gasteiger partial charge in [-0.05, 0) is 12.1 Å². The fourth-order valence-corrected chi connectivity index (χ4v) is 2.24. The molecule has 6 heteroatoms. The molecule has 0 spiro atoms. The highest BCUT2D eigenvalue weighted by molar-refractivity contribution is 7.81. The van der Waals surface area contributed by atoms with Gasteiger partial charge in [0, 0.05) is 18.2 Å². The van der Waals surface area contributed by atoms with Crippen molar-refractivity contribution < 1.29 is 18.7 Å². The lowest BCUT2D eigenvalue weighted by molar-refractivity contribution is -0.117. The Kier molecular flexibility index (Phi) is 3.56. The molecule has 18 heavy (non-hydrogen) atoms. The minimum absolute atomic E-state index is 0.0967. The van der Waals surface area contributed by atoms with E-state index in [9.17, 15) is 14.0 Å². The summed E-state index contributed by atoms with van der Waals surface area (Å²) in [4.78, 5) is 24.4. The maximum Gasteiger partial charge on any atom is 0.340 e. The van der Waals surface area contributed by atoms with Gasteiger partial charge in [-0.1, -0.05) is 6.07 Å². The van der Waals surface area contributed by atoms with Gasteiger partial charge in [-0.15, -0.1) is 0 Å². The van der Waals surface area contributed by atoms with Gasteiger partial charge in [0.05, 0.1) is 18.4 Å². The molecule has 4 nitrogen and oxygen atoms in total.